The summed E-state index contributed by atoms with van der Waals surface area (Å²) in [6.07, 6.45) is 0. The zero-order valence-electron chi connectivity index (χ0n) is 23.3. The van der Waals surface area contributed by atoms with E-state index < -0.39 is 23.4 Å². The molecule has 0 spiro atoms. The van der Waals surface area contributed by atoms with Gasteiger partial charge in [-0.15, -0.1) is 0 Å². The van der Waals surface area contributed by atoms with Gasteiger partial charge in [-0.25, -0.2) is 0 Å². The molecule has 0 saturated heterocycles. The van der Waals surface area contributed by atoms with Crippen LogP contribution in [0.1, 0.15) is 37.9 Å². The number of methoxy groups -OCH3 is 4. The Balaban J connectivity index is 2.28. The number of amides is 2. The van der Waals surface area contributed by atoms with Crippen molar-refractivity contribution in [2.24, 2.45) is 0 Å². The second kappa shape index (κ2) is 12.7. The molecule has 0 fully saturated rings. The van der Waals surface area contributed by atoms with Crippen LogP contribution in [-0.4, -0.2) is 45.8 Å². The van der Waals surface area contributed by atoms with Gasteiger partial charge in [0.05, 0.1) is 34.1 Å². The second-order valence-corrected chi connectivity index (χ2v) is 9.59. The van der Waals surface area contributed by atoms with Gasteiger partial charge in [-0.2, -0.15) is 0 Å². The fourth-order valence-corrected chi connectivity index (χ4v) is 3.94. The van der Waals surface area contributed by atoms with Crippen molar-refractivity contribution in [2.75, 3.05) is 33.3 Å². The number of ether oxygens (including phenoxy) is 4. The van der Waals surface area contributed by atoms with Crippen LogP contribution in [0.2, 0.25) is 0 Å². The first-order valence-corrected chi connectivity index (χ1v) is 12.3. The molecule has 0 aliphatic rings. The van der Waals surface area contributed by atoms with Crippen molar-refractivity contribution < 1.29 is 28.5 Å². The SMILES string of the molecule is COc1ccc(C(C(=O)NC(C)(C)C)N(C(=O)C#Cc2ccccc2)c2cc(OC)c(OC)c(OC)c2)cc1. The smallest absolute Gasteiger partial charge is 0.304 e. The van der Waals surface area contributed by atoms with E-state index in [0.29, 0.717) is 39.8 Å². The number of carbonyl (C=O) groups excluding carboxylic acids is 2. The normalized spacial score (nSPS) is 11.4. The minimum Gasteiger partial charge on any atom is -0.497 e. The molecule has 0 heterocycles. The maximum Gasteiger partial charge on any atom is 0.304 e. The highest BCUT2D eigenvalue weighted by atomic mass is 16.5. The van der Waals surface area contributed by atoms with Crippen molar-refractivity contribution in [1.29, 1.82) is 0 Å². The molecule has 8 nitrogen and oxygen atoms in total. The van der Waals surface area contributed by atoms with E-state index in [2.05, 4.69) is 17.2 Å². The summed E-state index contributed by atoms with van der Waals surface area (Å²) in [6.45, 7) is 5.62. The zero-order chi connectivity index (χ0) is 28.6. The van der Waals surface area contributed by atoms with Gasteiger partial charge in [0.2, 0.25) is 11.7 Å². The summed E-state index contributed by atoms with van der Waals surface area (Å²) in [4.78, 5) is 29.1. The molecule has 39 heavy (non-hydrogen) atoms. The number of nitrogens with zero attached hydrogens (tertiary/aromatic N) is 1. The van der Waals surface area contributed by atoms with E-state index in [1.54, 1.807) is 55.6 Å². The van der Waals surface area contributed by atoms with E-state index in [9.17, 15) is 9.59 Å². The summed E-state index contributed by atoms with van der Waals surface area (Å²) < 4.78 is 21.9. The van der Waals surface area contributed by atoms with E-state index in [1.807, 2.05) is 39.0 Å². The third-order valence-corrected chi connectivity index (χ3v) is 5.67. The molecule has 204 valence electrons. The highest BCUT2D eigenvalue weighted by Crippen LogP contribution is 2.43. The number of hydrogen-bond donors (Lipinski definition) is 1. The van der Waals surface area contributed by atoms with Gasteiger partial charge in [-0.1, -0.05) is 36.3 Å². The summed E-state index contributed by atoms with van der Waals surface area (Å²) >= 11 is 0. The van der Waals surface area contributed by atoms with Gasteiger partial charge >= 0.3 is 5.91 Å². The highest BCUT2D eigenvalue weighted by Gasteiger charge is 2.35. The lowest BCUT2D eigenvalue weighted by Crippen LogP contribution is -2.49. The maximum absolute atomic E-state index is 13.9. The van der Waals surface area contributed by atoms with Gasteiger partial charge in [-0.3, -0.25) is 14.5 Å². The molecule has 1 N–H and O–H groups in total. The lowest BCUT2D eigenvalue weighted by molar-refractivity contribution is -0.126. The van der Waals surface area contributed by atoms with E-state index >= 15 is 0 Å². The monoisotopic (exact) mass is 530 g/mol. The Labute approximate surface area is 229 Å². The van der Waals surface area contributed by atoms with E-state index in [4.69, 9.17) is 18.9 Å². The molecule has 0 aromatic heterocycles. The summed E-state index contributed by atoms with van der Waals surface area (Å²) in [6, 6.07) is 18.2. The van der Waals surface area contributed by atoms with Gasteiger partial charge in [-0.05, 0) is 50.6 Å². The van der Waals surface area contributed by atoms with Gasteiger partial charge < -0.3 is 24.3 Å². The van der Waals surface area contributed by atoms with Crippen LogP contribution < -0.4 is 29.2 Å². The lowest BCUT2D eigenvalue weighted by atomic mass is 10.0. The first-order valence-electron chi connectivity index (χ1n) is 12.3. The fourth-order valence-electron chi connectivity index (χ4n) is 3.94. The molecular formula is C31H34N2O6. The number of carbonyl (C=O) groups is 2. The molecule has 8 heteroatoms. The Hall–Kier alpha value is -4.64. The summed E-state index contributed by atoms with van der Waals surface area (Å²) in [5.74, 6) is 6.24. The van der Waals surface area contributed by atoms with Gasteiger partial charge in [0.1, 0.15) is 11.8 Å². The zero-order valence-corrected chi connectivity index (χ0v) is 23.3. The highest BCUT2D eigenvalue weighted by molar-refractivity contribution is 6.10. The Morgan fingerprint density at radius 1 is 0.821 bits per heavy atom. The molecule has 0 saturated carbocycles. The Morgan fingerprint density at radius 3 is 1.90 bits per heavy atom. The van der Waals surface area contributed by atoms with Crippen LogP contribution >= 0.6 is 0 Å². The molecule has 0 bridgehead atoms. The molecule has 0 aliphatic heterocycles. The molecule has 1 unspecified atom stereocenters. The van der Waals surface area contributed by atoms with Crippen LogP contribution in [0.5, 0.6) is 23.0 Å². The van der Waals surface area contributed by atoms with Crippen molar-refractivity contribution in [3.63, 3.8) is 0 Å². The van der Waals surface area contributed by atoms with E-state index in [1.165, 1.54) is 26.2 Å². The van der Waals surface area contributed by atoms with Crippen molar-refractivity contribution in [3.05, 3.63) is 77.9 Å². The molecule has 3 aromatic rings. The van der Waals surface area contributed by atoms with Crippen molar-refractivity contribution in [1.82, 2.24) is 5.32 Å². The summed E-state index contributed by atoms with van der Waals surface area (Å²) in [5, 5.41) is 3.01. The summed E-state index contributed by atoms with van der Waals surface area (Å²) in [7, 11) is 6.01. The standard InChI is InChI=1S/C31H34N2O6/c1-31(2,3)32-30(35)28(22-14-16-24(36-4)17-15-22)33(27(34)18-13-21-11-9-8-10-12-21)23-19-25(37-5)29(39-7)26(20-23)38-6/h8-12,14-17,19-20,28H,1-7H3,(H,32,35). The van der Waals surface area contributed by atoms with Crippen LogP contribution in [0.25, 0.3) is 0 Å². The van der Waals surface area contributed by atoms with Crippen LogP contribution in [0.3, 0.4) is 0 Å². The van der Waals surface area contributed by atoms with Crippen molar-refractivity contribution in [2.45, 2.75) is 32.4 Å². The van der Waals surface area contributed by atoms with Crippen molar-refractivity contribution in [3.8, 4) is 34.8 Å². The molecular weight excluding hydrogens is 496 g/mol. The van der Waals surface area contributed by atoms with Gasteiger partial charge in [0, 0.05) is 29.2 Å². The predicted molar refractivity (Wildman–Crippen MR) is 151 cm³/mol. The summed E-state index contributed by atoms with van der Waals surface area (Å²) in [5.41, 5.74) is 0.986. The van der Waals surface area contributed by atoms with Crippen LogP contribution in [0, 0.1) is 11.8 Å². The third-order valence-electron chi connectivity index (χ3n) is 5.67. The number of anilines is 1. The first-order chi connectivity index (χ1) is 18.6. The largest absolute Gasteiger partial charge is 0.497 e. The topological polar surface area (TPSA) is 86.3 Å². The van der Waals surface area contributed by atoms with Crippen LogP contribution in [-0.2, 0) is 9.59 Å². The molecule has 1 atom stereocenters. The predicted octanol–water partition coefficient (Wildman–Crippen LogP) is 4.76. The quantitative estimate of drug-likeness (QED) is 0.423. The van der Waals surface area contributed by atoms with Gasteiger partial charge in [0.25, 0.3) is 0 Å². The second-order valence-electron chi connectivity index (χ2n) is 9.59. The minimum atomic E-state index is -1.09. The molecule has 3 rings (SSSR count). The molecule has 0 aliphatic carbocycles. The average molecular weight is 531 g/mol. The minimum absolute atomic E-state index is 0.324. The van der Waals surface area contributed by atoms with Gasteiger partial charge in [0.15, 0.2) is 11.5 Å². The molecule has 0 radical (unpaired) electrons. The maximum atomic E-state index is 13.9. The van der Waals surface area contributed by atoms with E-state index in [0.717, 1.165) is 0 Å². The number of hydrogen-bond acceptors (Lipinski definition) is 6. The number of benzene rings is 3. The Morgan fingerprint density at radius 2 is 1.41 bits per heavy atom. The Bertz CT molecular complexity index is 1330. The average Bonchev–Trinajstić information content (AvgIpc) is 2.93. The lowest BCUT2D eigenvalue weighted by Gasteiger charge is -2.33. The van der Waals surface area contributed by atoms with Crippen LogP contribution in [0.4, 0.5) is 5.69 Å². The molecule has 2 amide bonds. The number of rotatable bonds is 8. The molecule has 3 aromatic carbocycles. The third kappa shape index (κ3) is 7.23. The van der Waals surface area contributed by atoms with E-state index in [-0.39, 0.29) is 0 Å². The Kier molecular flexibility index (Phi) is 9.45. The van der Waals surface area contributed by atoms with Crippen molar-refractivity contribution >= 4 is 17.5 Å². The number of nitrogens with one attached hydrogen (secondary N) is 1. The fraction of sp³-hybridized carbons (Fsp3) is 0.290. The first kappa shape index (κ1) is 28.9. The van der Waals surface area contributed by atoms with Crippen LogP contribution in [0.15, 0.2) is 66.7 Å².